The molecule has 0 amide bonds. The Balaban J connectivity index is 2.01. The minimum atomic E-state index is 1.25. The molecule has 0 heterocycles. The summed E-state index contributed by atoms with van der Waals surface area (Å²) in [6, 6.07) is 0. The van der Waals surface area contributed by atoms with Crippen molar-refractivity contribution in [3.05, 3.63) is 11.6 Å². The summed E-state index contributed by atoms with van der Waals surface area (Å²) in [4.78, 5) is 0. The largest absolute Gasteiger partial charge is 0.138 e. The minimum Gasteiger partial charge on any atom is -0.138 e. The van der Waals surface area contributed by atoms with Crippen molar-refractivity contribution in [1.29, 1.82) is 0 Å². The van der Waals surface area contributed by atoms with Crippen LogP contribution in [0.3, 0.4) is 0 Å². The molecule has 1 saturated carbocycles. The highest BCUT2D eigenvalue weighted by Gasteiger charge is 2.05. The zero-order valence-corrected chi connectivity index (χ0v) is 7.05. The van der Waals surface area contributed by atoms with Crippen molar-refractivity contribution in [1.82, 2.24) is 0 Å². The minimum absolute atomic E-state index is 1.25. The smallest absolute Gasteiger partial charge is 0.0317 e. The Labute approximate surface area is 59.9 Å². The first-order chi connectivity index (χ1) is 4.43. The van der Waals surface area contributed by atoms with Gasteiger partial charge in [0.2, 0.25) is 0 Å². The number of unbranched alkanes of at least 4 members (excludes halogenated alkanes) is 1. The molecular formula is C8H15P. The molecule has 0 spiro atoms. The molecule has 0 N–H and O–H groups in total. The molecule has 0 radical (unpaired) electrons. The van der Waals surface area contributed by atoms with Crippen LogP contribution in [0, 0.1) is 0 Å². The Kier molecular flexibility index (Phi) is 3.28. The van der Waals surface area contributed by atoms with E-state index in [4.69, 9.17) is 0 Å². The van der Waals surface area contributed by atoms with E-state index in [0.29, 0.717) is 0 Å². The van der Waals surface area contributed by atoms with Crippen LogP contribution in [0.5, 0.6) is 0 Å². The molecule has 9 heavy (non-hydrogen) atoms. The molecule has 1 aliphatic rings. The molecule has 1 atom stereocenters. The van der Waals surface area contributed by atoms with Gasteiger partial charge in [-0.25, -0.2) is 0 Å². The summed E-state index contributed by atoms with van der Waals surface area (Å²) in [5.74, 6) is 0. The van der Waals surface area contributed by atoms with Gasteiger partial charge in [-0.2, -0.15) is 0 Å². The molecule has 1 fully saturated rings. The van der Waals surface area contributed by atoms with Gasteiger partial charge in [0.25, 0.3) is 0 Å². The van der Waals surface area contributed by atoms with Crippen LogP contribution in [0.15, 0.2) is 11.6 Å². The average Bonchev–Trinajstić information content (AvgIpc) is 1.76. The lowest BCUT2D eigenvalue weighted by Gasteiger charge is -2.15. The molecule has 0 aliphatic heterocycles. The molecule has 0 bridgehead atoms. The van der Waals surface area contributed by atoms with Crippen molar-refractivity contribution in [3.63, 3.8) is 0 Å². The first-order valence-electron chi connectivity index (χ1n) is 3.81. The van der Waals surface area contributed by atoms with Gasteiger partial charge in [0.05, 0.1) is 0 Å². The zero-order valence-electron chi connectivity index (χ0n) is 5.90. The molecule has 1 rings (SSSR count). The van der Waals surface area contributed by atoms with Crippen LogP contribution in [-0.4, -0.2) is 6.16 Å². The van der Waals surface area contributed by atoms with Gasteiger partial charge in [-0.3, -0.25) is 0 Å². The topological polar surface area (TPSA) is 0 Å². The number of hydrogen-bond donors (Lipinski definition) is 0. The van der Waals surface area contributed by atoms with E-state index in [9.17, 15) is 0 Å². The lowest BCUT2D eigenvalue weighted by Crippen LogP contribution is -1.95. The average molecular weight is 142 g/mol. The summed E-state index contributed by atoms with van der Waals surface area (Å²) < 4.78 is 0. The second-order valence-corrected chi connectivity index (χ2v) is 3.22. The van der Waals surface area contributed by atoms with E-state index in [-0.39, 0.29) is 0 Å². The van der Waals surface area contributed by atoms with Crippen LogP contribution >= 0.6 is 9.24 Å². The van der Waals surface area contributed by atoms with Gasteiger partial charge in [-0.15, -0.1) is 9.24 Å². The number of hydrogen-bond acceptors (Lipinski definition) is 0. The normalized spacial score (nSPS) is 17.2. The second-order valence-electron chi connectivity index (χ2n) is 2.65. The summed E-state index contributed by atoms with van der Waals surface area (Å²) in [6.45, 7) is 0. The molecule has 0 saturated heterocycles. The highest BCUT2D eigenvalue weighted by atomic mass is 31.0. The third-order valence-corrected chi connectivity index (χ3v) is 2.25. The lowest BCUT2D eigenvalue weighted by molar-refractivity contribution is 0.654. The van der Waals surface area contributed by atoms with Gasteiger partial charge >= 0.3 is 0 Å². The fraction of sp³-hybridized carbons (Fsp3) is 0.750. The third-order valence-electron chi connectivity index (χ3n) is 1.84. The Morgan fingerprint density at radius 2 is 2.22 bits per heavy atom. The van der Waals surface area contributed by atoms with Crippen LogP contribution in [0.25, 0.3) is 0 Å². The molecule has 0 aromatic carbocycles. The monoisotopic (exact) mass is 142 g/mol. The van der Waals surface area contributed by atoms with E-state index in [0.717, 1.165) is 0 Å². The van der Waals surface area contributed by atoms with Crippen LogP contribution in [0.4, 0.5) is 0 Å². The molecule has 0 nitrogen and oxygen atoms in total. The van der Waals surface area contributed by atoms with Crippen LogP contribution < -0.4 is 0 Å². The van der Waals surface area contributed by atoms with Crippen LogP contribution in [0.2, 0.25) is 0 Å². The van der Waals surface area contributed by atoms with Crippen molar-refractivity contribution < 1.29 is 0 Å². The molecule has 1 heteroatoms. The molecular weight excluding hydrogens is 127 g/mol. The summed E-state index contributed by atoms with van der Waals surface area (Å²) in [5.41, 5.74) is 1.70. The van der Waals surface area contributed by atoms with E-state index in [1.54, 1.807) is 5.57 Å². The van der Waals surface area contributed by atoms with Gasteiger partial charge in [0, 0.05) is 0 Å². The molecule has 52 valence electrons. The number of allylic oxidation sites excluding steroid dienone is 2. The molecule has 0 aromatic heterocycles. The van der Waals surface area contributed by atoms with Crippen molar-refractivity contribution in [3.8, 4) is 0 Å². The Morgan fingerprint density at radius 3 is 2.67 bits per heavy atom. The van der Waals surface area contributed by atoms with E-state index in [1.807, 2.05) is 0 Å². The van der Waals surface area contributed by atoms with Crippen molar-refractivity contribution in [2.45, 2.75) is 32.1 Å². The van der Waals surface area contributed by atoms with E-state index >= 15 is 0 Å². The quantitative estimate of drug-likeness (QED) is 0.323. The predicted octanol–water partition coefficient (Wildman–Crippen LogP) is 2.75. The van der Waals surface area contributed by atoms with Crippen molar-refractivity contribution in [2.24, 2.45) is 0 Å². The van der Waals surface area contributed by atoms with Gasteiger partial charge in [0.15, 0.2) is 0 Å². The van der Waals surface area contributed by atoms with E-state index < -0.39 is 0 Å². The van der Waals surface area contributed by atoms with Gasteiger partial charge in [-0.05, 0) is 38.3 Å². The van der Waals surface area contributed by atoms with Crippen molar-refractivity contribution >= 4 is 9.24 Å². The SMILES string of the molecule is PCCCC=C1CCC1. The highest BCUT2D eigenvalue weighted by Crippen LogP contribution is 2.25. The fourth-order valence-corrected chi connectivity index (χ4v) is 1.24. The Hall–Kier alpha value is 0.170. The zero-order chi connectivity index (χ0) is 6.53. The van der Waals surface area contributed by atoms with Gasteiger partial charge in [-0.1, -0.05) is 11.6 Å². The first-order valence-corrected chi connectivity index (χ1v) is 4.63. The predicted molar refractivity (Wildman–Crippen MR) is 45.7 cm³/mol. The second kappa shape index (κ2) is 4.06. The lowest BCUT2D eigenvalue weighted by atomic mass is 9.91. The summed E-state index contributed by atoms with van der Waals surface area (Å²) in [7, 11) is 2.77. The summed E-state index contributed by atoms with van der Waals surface area (Å²) in [5, 5.41) is 0. The maximum atomic E-state index is 2.77. The first kappa shape index (κ1) is 7.28. The van der Waals surface area contributed by atoms with Crippen LogP contribution in [-0.2, 0) is 0 Å². The maximum absolute atomic E-state index is 2.77. The number of rotatable bonds is 3. The third kappa shape index (κ3) is 2.49. The van der Waals surface area contributed by atoms with Gasteiger partial charge < -0.3 is 0 Å². The van der Waals surface area contributed by atoms with Gasteiger partial charge in [0.1, 0.15) is 0 Å². The standard InChI is InChI=1S/C8H15P/c9-7-2-1-4-8-5-3-6-8/h4H,1-3,5-7,9H2. The Morgan fingerprint density at radius 1 is 1.44 bits per heavy atom. The van der Waals surface area contributed by atoms with E-state index in [2.05, 4.69) is 15.3 Å². The Bertz CT molecular complexity index is 99.1. The fourth-order valence-electron chi connectivity index (χ4n) is 1.01. The van der Waals surface area contributed by atoms with Crippen LogP contribution in [0.1, 0.15) is 32.1 Å². The summed E-state index contributed by atoms with van der Waals surface area (Å²) in [6.07, 6.45) is 10.5. The van der Waals surface area contributed by atoms with E-state index in [1.165, 1.54) is 38.3 Å². The maximum Gasteiger partial charge on any atom is -0.0317 e. The highest BCUT2D eigenvalue weighted by molar-refractivity contribution is 7.16. The van der Waals surface area contributed by atoms with Crippen molar-refractivity contribution in [2.75, 3.05) is 6.16 Å². The molecule has 1 aliphatic carbocycles. The molecule has 1 unspecified atom stereocenters. The molecule has 0 aromatic rings. The summed E-state index contributed by atoms with van der Waals surface area (Å²) >= 11 is 0.